The topological polar surface area (TPSA) is 48.0 Å². The first kappa shape index (κ1) is 17.6. The van der Waals surface area contributed by atoms with E-state index in [4.69, 9.17) is 14.2 Å². The molecule has 0 fully saturated rings. The van der Waals surface area contributed by atoms with Crippen LogP contribution in [0.4, 0.5) is 0 Å². The maximum Gasteiger partial charge on any atom is 0.335 e. The first-order valence-electron chi connectivity index (χ1n) is 9.03. The zero-order valence-electron chi connectivity index (χ0n) is 15.8. The molecule has 2 aliphatic rings. The van der Waals surface area contributed by atoms with E-state index >= 15 is 0 Å². The molecule has 1 unspecified atom stereocenters. The maximum absolute atomic E-state index is 12.5. The number of fused-ring (bicyclic) bond motifs is 3. The molecule has 1 atom stereocenters. The van der Waals surface area contributed by atoms with Gasteiger partial charge in [0.2, 0.25) is 0 Å². The van der Waals surface area contributed by atoms with E-state index < -0.39 is 0 Å². The Kier molecular flexibility index (Phi) is 4.62. The third kappa shape index (κ3) is 2.88. The monoisotopic (exact) mass is 365 g/mol. The number of carbonyl (C=O) groups is 1. The third-order valence-corrected chi connectivity index (χ3v) is 5.45. The Morgan fingerprint density at radius 3 is 2.41 bits per heavy atom. The lowest BCUT2D eigenvalue weighted by molar-refractivity contribution is -0.136. The molecule has 140 valence electrons. The van der Waals surface area contributed by atoms with Gasteiger partial charge in [-0.3, -0.25) is 4.90 Å². The largest absolute Gasteiger partial charge is 0.493 e. The van der Waals surface area contributed by atoms with Gasteiger partial charge in [0.15, 0.2) is 11.5 Å². The molecular weight excluding hydrogens is 342 g/mol. The van der Waals surface area contributed by atoms with E-state index in [0.717, 1.165) is 41.0 Å². The quantitative estimate of drug-likeness (QED) is 0.779. The summed E-state index contributed by atoms with van der Waals surface area (Å²) in [6, 6.07) is 14.2. The van der Waals surface area contributed by atoms with Gasteiger partial charge in [-0.1, -0.05) is 30.3 Å². The van der Waals surface area contributed by atoms with Gasteiger partial charge in [0, 0.05) is 13.1 Å². The number of hydrogen-bond donors (Lipinski definition) is 0. The normalized spacial score (nSPS) is 18.7. The lowest BCUT2D eigenvalue weighted by Crippen LogP contribution is -2.33. The van der Waals surface area contributed by atoms with Gasteiger partial charge < -0.3 is 14.2 Å². The molecule has 0 radical (unpaired) electrons. The number of benzene rings is 2. The van der Waals surface area contributed by atoms with E-state index in [0.29, 0.717) is 12.3 Å². The zero-order valence-corrected chi connectivity index (χ0v) is 15.8. The number of hydrogen-bond acceptors (Lipinski definition) is 5. The van der Waals surface area contributed by atoms with Crippen molar-refractivity contribution in [1.29, 1.82) is 0 Å². The molecule has 4 rings (SSSR count). The molecule has 2 aliphatic heterocycles. The molecule has 0 bridgehead atoms. The van der Waals surface area contributed by atoms with Crippen molar-refractivity contribution >= 4 is 11.5 Å². The average Bonchev–Trinajstić information content (AvgIpc) is 3.12. The van der Waals surface area contributed by atoms with Crippen LogP contribution in [0.5, 0.6) is 11.5 Å². The Morgan fingerprint density at radius 1 is 1.04 bits per heavy atom. The van der Waals surface area contributed by atoms with Crippen molar-refractivity contribution < 1.29 is 19.0 Å². The molecule has 0 saturated carbocycles. The summed E-state index contributed by atoms with van der Waals surface area (Å²) in [6.45, 7) is 1.47. The number of nitrogens with zero attached hydrogens (tertiary/aromatic N) is 1. The Labute approximate surface area is 159 Å². The summed E-state index contributed by atoms with van der Waals surface area (Å²) in [5.74, 6) is 1.18. The molecule has 0 N–H and O–H groups in total. The molecule has 0 aromatic heterocycles. The Morgan fingerprint density at radius 2 is 1.74 bits per heavy atom. The Bertz CT molecular complexity index is 904. The molecule has 0 spiro atoms. The Hall–Kier alpha value is -2.79. The summed E-state index contributed by atoms with van der Waals surface area (Å²) in [7, 11) is 4.74. The highest BCUT2D eigenvalue weighted by Crippen LogP contribution is 2.48. The van der Waals surface area contributed by atoms with Crippen molar-refractivity contribution in [1.82, 2.24) is 4.90 Å². The van der Waals surface area contributed by atoms with Gasteiger partial charge in [0.05, 0.1) is 32.9 Å². The van der Waals surface area contributed by atoms with Crippen molar-refractivity contribution in [3.05, 3.63) is 64.7 Å². The average molecular weight is 365 g/mol. The molecule has 0 saturated heterocycles. The fourth-order valence-electron chi connectivity index (χ4n) is 4.21. The van der Waals surface area contributed by atoms with Gasteiger partial charge in [-0.25, -0.2) is 4.79 Å². The van der Waals surface area contributed by atoms with E-state index in [1.807, 2.05) is 24.3 Å². The number of esters is 1. The van der Waals surface area contributed by atoms with Crippen molar-refractivity contribution in [2.24, 2.45) is 0 Å². The minimum Gasteiger partial charge on any atom is -0.493 e. The van der Waals surface area contributed by atoms with Crippen molar-refractivity contribution in [2.45, 2.75) is 12.5 Å². The fourth-order valence-corrected chi connectivity index (χ4v) is 4.21. The summed E-state index contributed by atoms with van der Waals surface area (Å²) in [5.41, 5.74) is 5.20. The first-order chi connectivity index (χ1) is 13.2. The molecule has 0 amide bonds. The van der Waals surface area contributed by atoms with Crippen molar-refractivity contribution in [3.8, 4) is 11.5 Å². The smallest absolute Gasteiger partial charge is 0.335 e. The van der Waals surface area contributed by atoms with Crippen LogP contribution in [-0.2, 0) is 16.0 Å². The zero-order chi connectivity index (χ0) is 19.0. The predicted octanol–water partition coefficient (Wildman–Crippen LogP) is 3.24. The van der Waals surface area contributed by atoms with Gasteiger partial charge in [-0.15, -0.1) is 0 Å². The van der Waals surface area contributed by atoms with Gasteiger partial charge in [0.25, 0.3) is 0 Å². The lowest BCUT2D eigenvalue weighted by atomic mass is 9.86. The maximum atomic E-state index is 12.5. The number of methoxy groups -OCH3 is 3. The van der Waals surface area contributed by atoms with Crippen LogP contribution in [0.2, 0.25) is 0 Å². The molecule has 5 nitrogen and oxygen atoms in total. The molecule has 0 aliphatic carbocycles. The van der Waals surface area contributed by atoms with Crippen LogP contribution in [0.3, 0.4) is 0 Å². The summed E-state index contributed by atoms with van der Waals surface area (Å²) in [6.07, 6.45) is 0.905. The van der Waals surface area contributed by atoms with E-state index in [-0.39, 0.29) is 12.0 Å². The molecule has 2 heterocycles. The standard InChI is InChI=1S/C22H23NO4/c1-25-18-11-15-9-10-23-13-17(22(24)27-3)20(14-7-5-4-6-8-14)21(23)16(15)12-19(18)26-2/h4-8,11-12,21H,9-10,13H2,1-3H3. The van der Waals surface area contributed by atoms with Gasteiger partial charge >= 0.3 is 5.97 Å². The van der Waals surface area contributed by atoms with E-state index in [1.54, 1.807) is 14.2 Å². The fraction of sp³-hybridized carbons (Fsp3) is 0.318. The van der Waals surface area contributed by atoms with Crippen LogP contribution in [0.25, 0.3) is 5.57 Å². The second-order valence-corrected chi connectivity index (χ2v) is 6.78. The molecular formula is C22H23NO4. The molecule has 5 heteroatoms. The summed E-state index contributed by atoms with van der Waals surface area (Å²) < 4.78 is 16.1. The minimum absolute atomic E-state index is 0.00468. The van der Waals surface area contributed by atoms with Crippen LogP contribution in [0, 0.1) is 0 Å². The number of ether oxygens (including phenoxy) is 3. The van der Waals surface area contributed by atoms with Crippen molar-refractivity contribution in [2.75, 3.05) is 34.4 Å². The summed E-state index contributed by atoms with van der Waals surface area (Å²) in [5, 5.41) is 0. The third-order valence-electron chi connectivity index (χ3n) is 5.45. The van der Waals surface area contributed by atoms with Crippen LogP contribution >= 0.6 is 0 Å². The lowest BCUT2D eigenvalue weighted by Gasteiger charge is -2.34. The molecule has 2 aromatic carbocycles. The first-order valence-corrected chi connectivity index (χ1v) is 9.03. The molecule has 27 heavy (non-hydrogen) atoms. The van der Waals surface area contributed by atoms with E-state index in [1.165, 1.54) is 12.7 Å². The van der Waals surface area contributed by atoms with Gasteiger partial charge in [0.1, 0.15) is 0 Å². The van der Waals surface area contributed by atoms with Crippen LogP contribution in [-0.4, -0.2) is 45.3 Å². The van der Waals surface area contributed by atoms with Crippen molar-refractivity contribution in [3.63, 3.8) is 0 Å². The van der Waals surface area contributed by atoms with Crippen LogP contribution < -0.4 is 9.47 Å². The number of rotatable bonds is 4. The highest BCUT2D eigenvalue weighted by atomic mass is 16.5. The van der Waals surface area contributed by atoms with E-state index in [2.05, 4.69) is 23.1 Å². The minimum atomic E-state index is -0.259. The second-order valence-electron chi connectivity index (χ2n) is 6.78. The van der Waals surface area contributed by atoms with Crippen LogP contribution in [0.15, 0.2) is 48.0 Å². The molecule has 2 aromatic rings. The highest BCUT2D eigenvalue weighted by molar-refractivity contribution is 6.01. The Balaban J connectivity index is 1.91. The number of carbonyl (C=O) groups excluding carboxylic acids is 1. The SMILES string of the molecule is COC(=O)C1=C(c2ccccc2)C2c3cc(OC)c(OC)cc3CCN2C1. The highest BCUT2D eigenvalue weighted by Gasteiger charge is 2.41. The van der Waals surface area contributed by atoms with Crippen LogP contribution in [0.1, 0.15) is 22.7 Å². The van der Waals surface area contributed by atoms with Gasteiger partial charge in [-0.05, 0) is 40.8 Å². The second kappa shape index (κ2) is 7.08. The van der Waals surface area contributed by atoms with Gasteiger partial charge in [-0.2, -0.15) is 0 Å². The summed E-state index contributed by atoms with van der Waals surface area (Å²) in [4.78, 5) is 14.9. The van der Waals surface area contributed by atoms with E-state index in [9.17, 15) is 4.79 Å². The summed E-state index contributed by atoms with van der Waals surface area (Å²) >= 11 is 0. The predicted molar refractivity (Wildman–Crippen MR) is 103 cm³/mol.